The normalized spacial score (nSPS) is 10.2. The van der Waals surface area contributed by atoms with Crippen LogP contribution in [0.1, 0.15) is 6.92 Å². The molecule has 0 saturated heterocycles. The van der Waals surface area contributed by atoms with Crippen LogP contribution in [0.2, 0.25) is 0 Å². The van der Waals surface area contributed by atoms with Crippen LogP contribution in [0.25, 0.3) is 0 Å². The molecule has 0 aliphatic carbocycles. The summed E-state index contributed by atoms with van der Waals surface area (Å²) in [5.41, 5.74) is 0. The number of hydrogen-bond acceptors (Lipinski definition) is 1. The van der Waals surface area contributed by atoms with Crippen molar-refractivity contribution in [1.82, 2.24) is 4.23 Å². The molecule has 86 valence electrons. The van der Waals surface area contributed by atoms with E-state index < -0.39 is 14.9 Å². The summed E-state index contributed by atoms with van der Waals surface area (Å²) in [4.78, 5) is 11.3. The van der Waals surface area contributed by atoms with Crippen LogP contribution in [0, 0.1) is 0 Å². The molecule has 1 amide bonds. The van der Waals surface area contributed by atoms with E-state index in [9.17, 15) is 4.79 Å². The molecule has 17 heavy (non-hydrogen) atoms. The summed E-state index contributed by atoms with van der Waals surface area (Å²) >= 11 is -1.68. The molecule has 0 aliphatic rings. The number of benzene rings is 2. The van der Waals surface area contributed by atoms with Gasteiger partial charge in [-0.1, -0.05) is 0 Å². The molecule has 0 bridgehead atoms. The zero-order valence-corrected chi connectivity index (χ0v) is 11.5. The van der Waals surface area contributed by atoms with Crippen molar-refractivity contribution in [2.45, 2.75) is 6.92 Å². The molecule has 0 atom stereocenters. The topological polar surface area (TPSA) is 29.1 Å². The predicted octanol–water partition coefficient (Wildman–Crippen LogP) is 0.928. The third-order valence-electron chi connectivity index (χ3n) is 2.30. The number of carbonyl (C=O) groups is 1. The second kappa shape index (κ2) is 5.69. The minimum atomic E-state index is -1.68. The van der Waals surface area contributed by atoms with Crippen LogP contribution in [0.4, 0.5) is 0 Å². The van der Waals surface area contributed by atoms with E-state index in [-0.39, 0.29) is 5.91 Å². The molecule has 2 aromatic rings. The number of hydrogen-bond donors (Lipinski definition) is 1. The van der Waals surface area contributed by atoms with E-state index >= 15 is 0 Å². The first-order valence-corrected chi connectivity index (χ1v) is 8.26. The Kier molecular flexibility index (Phi) is 4.00. The maximum atomic E-state index is 11.3. The SMILES string of the molecule is CC(=O)N[As](c1ccccc1)c1ccccc1. The first-order valence-electron chi connectivity index (χ1n) is 5.45. The van der Waals surface area contributed by atoms with Crippen molar-refractivity contribution in [3.05, 3.63) is 60.7 Å². The zero-order valence-electron chi connectivity index (χ0n) is 9.63. The van der Waals surface area contributed by atoms with Crippen molar-refractivity contribution < 1.29 is 4.79 Å². The van der Waals surface area contributed by atoms with Gasteiger partial charge in [0.25, 0.3) is 0 Å². The fourth-order valence-electron chi connectivity index (χ4n) is 1.59. The molecule has 1 N–H and O–H groups in total. The molecule has 2 aromatic carbocycles. The van der Waals surface area contributed by atoms with Crippen molar-refractivity contribution in [2.24, 2.45) is 0 Å². The Morgan fingerprint density at radius 2 is 1.29 bits per heavy atom. The van der Waals surface area contributed by atoms with Gasteiger partial charge in [0.1, 0.15) is 0 Å². The molecule has 2 rings (SSSR count). The van der Waals surface area contributed by atoms with Crippen LogP contribution in [-0.2, 0) is 4.79 Å². The molecule has 0 radical (unpaired) electrons. The summed E-state index contributed by atoms with van der Waals surface area (Å²) in [6.07, 6.45) is 0. The Morgan fingerprint density at radius 1 is 0.882 bits per heavy atom. The predicted molar refractivity (Wildman–Crippen MR) is 71.7 cm³/mol. The van der Waals surface area contributed by atoms with E-state index in [1.807, 2.05) is 36.4 Å². The number of amides is 1. The van der Waals surface area contributed by atoms with Gasteiger partial charge < -0.3 is 0 Å². The van der Waals surface area contributed by atoms with Crippen LogP contribution in [0.15, 0.2) is 60.7 Å². The number of nitrogens with one attached hydrogen (secondary N) is 1. The third kappa shape index (κ3) is 3.21. The Labute approximate surface area is 106 Å². The van der Waals surface area contributed by atoms with Crippen LogP contribution in [0.3, 0.4) is 0 Å². The van der Waals surface area contributed by atoms with Gasteiger partial charge in [-0.15, -0.1) is 0 Å². The van der Waals surface area contributed by atoms with Crippen molar-refractivity contribution >= 4 is 29.5 Å². The molecule has 0 heterocycles. The van der Waals surface area contributed by atoms with E-state index in [4.69, 9.17) is 0 Å². The Balaban J connectivity index is 2.36. The minimum absolute atomic E-state index is 0.0395. The van der Waals surface area contributed by atoms with E-state index in [0.717, 1.165) is 0 Å². The molecule has 2 nitrogen and oxygen atoms in total. The molecule has 0 spiro atoms. The summed E-state index contributed by atoms with van der Waals surface area (Å²) < 4.78 is 5.59. The van der Waals surface area contributed by atoms with Crippen LogP contribution in [0.5, 0.6) is 0 Å². The Morgan fingerprint density at radius 3 is 1.65 bits per heavy atom. The van der Waals surface area contributed by atoms with Gasteiger partial charge in [-0.25, -0.2) is 0 Å². The zero-order chi connectivity index (χ0) is 12.1. The Hall–Kier alpha value is -1.53. The summed E-state index contributed by atoms with van der Waals surface area (Å²) in [6.45, 7) is 1.58. The molecular weight excluding hydrogens is 273 g/mol. The average Bonchev–Trinajstić information content (AvgIpc) is 2.38. The third-order valence-corrected chi connectivity index (χ3v) is 6.85. The van der Waals surface area contributed by atoms with Gasteiger partial charge >= 0.3 is 106 Å². The molecule has 0 unspecified atom stereocenters. The van der Waals surface area contributed by atoms with Gasteiger partial charge in [0.15, 0.2) is 0 Å². The van der Waals surface area contributed by atoms with Crippen LogP contribution >= 0.6 is 0 Å². The van der Waals surface area contributed by atoms with Gasteiger partial charge in [0.2, 0.25) is 0 Å². The van der Waals surface area contributed by atoms with E-state index in [1.54, 1.807) is 6.92 Å². The first-order chi connectivity index (χ1) is 8.27. The quantitative estimate of drug-likeness (QED) is 0.836. The molecule has 0 fully saturated rings. The second-order valence-corrected chi connectivity index (χ2v) is 7.72. The average molecular weight is 287 g/mol. The summed E-state index contributed by atoms with van der Waals surface area (Å²) in [5.74, 6) is 0.0395. The van der Waals surface area contributed by atoms with E-state index in [1.165, 1.54) is 8.70 Å². The van der Waals surface area contributed by atoms with Gasteiger partial charge in [-0.05, 0) is 0 Å². The molecule has 0 aliphatic heterocycles. The maximum absolute atomic E-state index is 11.3. The van der Waals surface area contributed by atoms with Crippen molar-refractivity contribution in [2.75, 3.05) is 0 Å². The standard InChI is InChI=1S/C14H14AsNO/c1-12(17)16-15(13-8-4-2-5-9-13)14-10-6-3-7-11-14/h2-11H,1H3,(H,16,17). The van der Waals surface area contributed by atoms with E-state index in [2.05, 4.69) is 28.5 Å². The van der Waals surface area contributed by atoms with Crippen molar-refractivity contribution in [3.8, 4) is 0 Å². The van der Waals surface area contributed by atoms with Crippen LogP contribution in [-0.4, -0.2) is 20.8 Å². The molecule has 0 saturated carbocycles. The summed E-state index contributed by atoms with van der Waals surface area (Å²) in [6, 6.07) is 20.4. The summed E-state index contributed by atoms with van der Waals surface area (Å²) in [5, 5.41) is 0. The Bertz CT molecular complexity index is 445. The van der Waals surface area contributed by atoms with Crippen LogP contribution < -0.4 is 12.9 Å². The van der Waals surface area contributed by atoms with Crippen molar-refractivity contribution in [1.29, 1.82) is 0 Å². The number of rotatable bonds is 3. The van der Waals surface area contributed by atoms with Crippen molar-refractivity contribution in [3.63, 3.8) is 0 Å². The molecule has 3 heteroatoms. The fraction of sp³-hybridized carbons (Fsp3) is 0.0714. The van der Waals surface area contributed by atoms with Gasteiger partial charge in [0, 0.05) is 0 Å². The molecule has 0 aromatic heterocycles. The summed E-state index contributed by atoms with van der Waals surface area (Å²) in [7, 11) is 0. The first kappa shape index (κ1) is 11.9. The second-order valence-electron chi connectivity index (χ2n) is 3.67. The van der Waals surface area contributed by atoms with Gasteiger partial charge in [-0.3, -0.25) is 0 Å². The molecular formula is C14H14AsNO. The number of carbonyl (C=O) groups excluding carboxylic acids is 1. The monoisotopic (exact) mass is 287 g/mol. The van der Waals surface area contributed by atoms with Gasteiger partial charge in [0.05, 0.1) is 0 Å². The van der Waals surface area contributed by atoms with E-state index in [0.29, 0.717) is 0 Å². The fourth-order valence-corrected chi connectivity index (χ4v) is 5.39. The van der Waals surface area contributed by atoms with Gasteiger partial charge in [-0.2, -0.15) is 0 Å².